The first-order valence-electron chi connectivity index (χ1n) is 7.15. The van der Waals surface area contributed by atoms with Crippen LogP contribution in [0.1, 0.15) is 38.2 Å². The Hall–Kier alpha value is -1.55. The summed E-state index contributed by atoms with van der Waals surface area (Å²) in [5.41, 5.74) is 2.06. The third kappa shape index (κ3) is 5.30. The Morgan fingerprint density at radius 1 is 1.37 bits per heavy atom. The molecule has 1 aromatic rings. The number of urea groups is 1. The zero-order chi connectivity index (χ0) is 13.5. The topological polar surface area (TPSA) is 53.2 Å². The van der Waals surface area contributed by atoms with E-state index in [9.17, 15) is 4.79 Å². The van der Waals surface area contributed by atoms with Crippen molar-refractivity contribution < 1.29 is 4.79 Å². The molecule has 1 aliphatic rings. The highest BCUT2D eigenvalue weighted by molar-refractivity contribution is 5.89. The summed E-state index contributed by atoms with van der Waals surface area (Å²) in [5.74, 6) is 0. The van der Waals surface area contributed by atoms with E-state index in [4.69, 9.17) is 0 Å². The second-order valence-electron chi connectivity index (χ2n) is 5.09. The molecule has 19 heavy (non-hydrogen) atoms. The average Bonchev–Trinajstić information content (AvgIpc) is 3.21. The van der Waals surface area contributed by atoms with Gasteiger partial charge in [-0.25, -0.2) is 4.79 Å². The maximum absolute atomic E-state index is 11.6. The van der Waals surface area contributed by atoms with Gasteiger partial charge in [0, 0.05) is 24.8 Å². The van der Waals surface area contributed by atoms with Crippen LogP contribution in [0.2, 0.25) is 0 Å². The highest BCUT2D eigenvalue weighted by Gasteiger charge is 2.19. The summed E-state index contributed by atoms with van der Waals surface area (Å²) >= 11 is 0. The quantitative estimate of drug-likeness (QED) is 0.661. The molecule has 2 rings (SSSR count). The average molecular weight is 261 g/mol. The number of carbonyl (C=O) groups excluding carboxylic acids is 1. The van der Waals surface area contributed by atoms with Gasteiger partial charge in [0.05, 0.1) is 0 Å². The molecule has 0 unspecified atom stereocenters. The summed E-state index contributed by atoms with van der Waals surface area (Å²) < 4.78 is 0. The van der Waals surface area contributed by atoms with E-state index in [1.165, 1.54) is 18.4 Å². The van der Waals surface area contributed by atoms with Crippen molar-refractivity contribution in [2.75, 3.05) is 11.9 Å². The summed E-state index contributed by atoms with van der Waals surface area (Å²) in [4.78, 5) is 11.6. The lowest BCUT2D eigenvalue weighted by molar-refractivity contribution is 0.252. The van der Waals surface area contributed by atoms with Gasteiger partial charge in [0.15, 0.2) is 0 Å². The number of unbranched alkanes of at least 4 members (excludes halogenated alkanes) is 1. The van der Waals surface area contributed by atoms with Gasteiger partial charge in [0.1, 0.15) is 0 Å². The minimum Gasteiger partial charge on any atom is -0.338 e. The van der Waals surface area contributed by atoms with E-state index in [1.54, 1.807) is 0 Å². The molecule has 1 saturated carbocycles. The first-order chi connectivity index (χ1) is 9.28. The van der Waals surface area contributed by atoms with Gasteiger partial charge in [-0.3, -0.25) is 0 Å². The largest absolute Gasteiger partial charge is 0.338 e. The van der Waals surface area contributed by atoms with Crippen LogP contribution in [0.15, 0.2) is 24.3 Å². The Labute approximate surface area is 115 Å². The SMILES string of the molecule is CCCCNC(=O)Nc1cccc(CNC2CC2)c1. The van der Waals surface area contributed by atoms with Crippen LogP contribution in [0, 0.1) is 0 Å². The molecule has 1 aliphatic carbocycles. The van der Waals surface area contributed by atoms with Crippen LogP contribution in [-0.4, -0.2) is 18.6 Å². The van der Waals surface area contributed by atoms with Gasteiger partial charge >= 0.3 is 6.03 Å². The van der Waals surface area contributed by atoms with Crippen LogP contribution >= 0.6 is 0 Å². The van der Waals surface area contributed by atoms with Crippen molar-refractivity contribution in [1.29, 1.82) is 0 Å². The van der Waals surface area contributed by atoms with Crippen LogP contribution in [-0.2, 0) is 6.54 Å². The first-order valence-corrected chi connectivity index (χ1v) is 7.15. The molecule has 0 spiro atoms. The summed E-state index contributed by atoms with van der Waals surface area (Å²) in [6.45, 7) is 3.71. The van der Waals surface area contributed by atoms with E-state index < -0.39 is 0 Å². The Morgan fingerprint density at radius 3 is 2.95 bits per heavy atom. The predicted molar refractivity (Wildman–Crippen MR) is 78.2 cm³/mol. The Balaban J connectivity index is 1.78. The third-order valence-corrected chi connectivity index (χ3v) is 3.17. The molecular formula is C15H23N3O. The number of amides is 2. The first kappa shape index (κ1) is 13.9. The van der Waals surface area contributed by atoms with Crippen molar-refractivity contribution in [2.45, 2.75) is 45.2 Å². The fourth-order valence-electron chi connectivity index (χ4n) is 1.86. The molecule has 0 bridgehead atoms. The predicted octanol–water partition coefficient (Wildman–Crippen LogP) is 2.86. The monoisotopic (exact) mass is 261 g/mol. The zero-order valence-electron chi connectivity index (χ0n) is 11.5. The van der Waals surface area contributed by atoms with Crippen LogP contribution in [0.3, 0.4) is 0 Å². The Bertz CT molecular complexity index is 416. The molecule has 4 heteroatoms. The van der Waals surface area contributed by atoms with Crippen molar-refractivity contribution in [2.24, 2.45) is 0 Å². The van der Waals surface area contributed by atoms with Crippen LogP contribution in [0.4, 0.5) is 10.5 Å². The van der Waals surface area contributed by atoms with Crippen LogP contribution < -0.4 is 16.0 Å². The third-order valence-electron chi connectivity index (χ3n) is 3.17. The summed E-state index contributed by atoms with van der Waals surface area (Å²) in [7, 11) is 0. The highest BCUT2D eigenvalue weighted by atomic mass is 16.2. The number of nitrogens with one attached hydrogen (secondary N) is 3. The molecule has 4 nitrogen and oxygen atoms in total. The Kier molecular flexibility index (Phi) is 5.21. The molecule has 0 saturated heterocycles. The number of benzene rings is 1. The molecule has 0 atom stereocenters. The fraction of sp³-hybridized carbons (Fsp3) is 0.533. The molecular weight excluding hydrogens is 238 g/mol. The highest BCUT2D eigenvalue weighted by Crippen LogP contribution is 2.19. The minimum atomic E-state index is -0.124. The number of rotatable bonds is 7. The van der Waals surface area contributed by atoms with Crippen LogP contribution in [0.25, 0.3) is 0 Å². The molecule has 104 valence electrons. The van der Waals surface area contributed by atoms with Gasteiger partial charge in [-0.2, -0.15) is 0 Å². The maximum atomic E-state index is 11.6. The van der Waals surface area contributed by atoms with E-state index in [1.807, 2.05) is 18.2 Å². The molecule has 3 N–H and O–H groups in total. The molecule has 1 fully saturated rings. The van der Waals surface area contributed by atoms with E-state index >= 15 is 0 Å². The van der Waals surface area contributed by atoms with E-state index in [0.29, 0.717) is 6.04 Å². The van der Waals surface area contributed by atoms with Gasteiger partial charge in [-0.15, -0.1) is 0 Å². The van der Waals surface area contributed by atoms with Crippen molar-refractivity contribution >= 4 is 11.7 Å². The minimum absolute atomic E-state index is 0.124. The van der Waals surface area contributed by atoms with Gasteiger partial charge < -0.3 is 16.0 Å². The van der Waals surface area contributed by atoms with Crippen LogP contribution in [0.5, 0.6) is 0 Å². The molecule has 1 aromatic carbocycles. The normalized spacial score (nSPS) is 14.2. The fourth-order valence-corrected chi connectivity index (χ4v) is 1.86. The van der Waals surface area contributed by atoms with Gasteiger partial charge in [0.25, 0.3) is 0 Å². The number of hydrogen-bond acceptors (Lipinski definition) is 2. The smallest absolute Gasteiger partial charge is 0.319 e. The summed E-state index contributed by atoms with van der Waals surface area (Å²) in [5, 5.41) is 9.18. The lowest BCUT2D eigenvalue weighted by Gasteiger charge is -2.09. The Morgan fingerprint density at radius 2 is 2.21 bits per heavy atom. The molecule has 0 aromatic heterocycles. The summed E-state index contributed by atoms with van der Waals surface area (Å²) in [6, 6.07) is 8.57. The van der Waals surface area contributed by atoms with Crippen molar-refractivity contribution in [3.8, 4) is 0 Å². The maximum Gasteiger partial charge on any atom is 0.319 e. The van der Waals surface area contributed by atoms with Gasteiger partial charge in [-0.1, -0.05) is 25.5 Å². The second kappa shape index (κ2) is 7.14. The molecule has 2 amide bonds. The van der Waals surface area contributed by atoms with E-state index in [0.717, 1.165) is 31.6 Å². The number of anilines is 1. The van der Waals surface area contributed by atoms with Crippen molar-refractivity contribution in [1.82, 2.24) is 10.6 Å². The lowest BCUT2D eigenvalue weighted by atomic mass is 10.2. The second-order valence-corrected chi connectivity index (χ2v) is 5.09. The van der Waals surface area contributed by atoms with E-state index in [2.05, 4.69) is 28.9 Å². The number of carbonyl (C=O) groups is 1. The van der Waals surface area contributed by atoms with Crippen molar-refractivity contribution in [3.63, 3.8) is 0 Å². The van der Waals surface area contributed by atoms with Crippen molar-refractivity contribution in [3.05, 3.63) is 29.8 Å². The lowest BCUT2D eigenvalue weighted by Crippen LogP contribution is -2.29. The number of hydrogen-bond donors (Lipinski definition) is 3. The summed E-state index contributed by atoms with van der Waals surface area (Å²) in [6.07, 6.45) is 4.68. The zero-order valence-corrected chi connectivity index (χ0v) is 11.5. The molecule has 0 radical (unpaired) electrons. The van der Waals surface area contributed by atoms with Gasteiger partial charge in [-0.05, 0) is 37.0 Å². The molecule has 0 heterocycles. The standard InChI is InChI=1S/C15H23N3O/c1-2-3-9-16-15(19)18-14-6-4-5-12(10-14)11-17-13-7-8-13/h4-6,10,13,17H,2-3,7-9,11H2,1H3,(H2,16,18,19). The van der Waals surface area contributed by atoms with E-state index in [-0.39, 0.29) is 6.03 Å². The van der Waals surface area contributed by atoms with Gasteiger partial charge in [0.2, 0.25) is 0 Å². The molecule has 0 aliphatic heterocycles.